The van der Waals surface area contributed by atoms with Crippen molar-refractivity contribution in [2.45, 2.75) is 39.3 Å². The highest BCUT2D eigenvalue weighted by Gasteiger charge is 2.28. The van der Waals surface area contributed by atoms with Crippen molar-refractivity contribution in [2.75, 3.05) is 10.6 Å². The summed E-state index contributed by atoms with van der Waals surface area (Å²) < 4.78 is 5.36. The van der Waals surface area contributed by atoms with Crippen LogP contribution >= 0.6 is 11.6 Å². The second-order valence-corrected chi connectivity index (χ2v) is 9.00. The predicted molar refractivity (Wildman–Crippen MR) is 137 cm³/mol. The standard InChI is InChI=1S/C26H24ClN3O5/c1-13(2)35-24-21(22(31)23(24)32)30-20(26(33)34)11-15-4-8-18(9-5-15)29-25-19-12-17(27)7-6-16(19)10-14(3)28-25/h4-10,12-13,20,30H,11H2,1-3H3,(H,28,29)(H,33,34). The van der Waals surface area contributed by atoms with E-state index >= 15 is 0 Å². The summed E-state index contributed by atoms with van der Waals surface area (Å²) >= 11 is 6.17. The molecule has 4 aromatic rings. The number of pyridine rings is 1. The molecule has 0 aliphatic carbocycles. The van der Waals surface area contributed by atoms with Crippen LogP contribution in [0, 0.1) is 6.92 Å². The van der Waals surface area contributed by atoms with Crippen molar-refractivity contribution < 1.29 is 14.6 Å². The van der Waals surface area contributed by atoms with Gasteiger partial charge in [-0.2, -0.15) is 0 Å². The lowest BCUT2D eigenvalue weighted by atomic mass is 10.0. The van der Waals surface area contributed by atoms with Gasteiger partial charge in [-0.1, -0.05) is 29.8 Å². The molecule has 0 bridgehead atoms. The molecule has 3 aromatic carbocycles. The molecule has 0 amide bonds. The van der Waals surface area contributed by atoms with Gasteiger partial charge in [-0.25, -0.2) is 9.78 Å². The summed E-state index contributed by atoms with van der Waals surface area (Å²) in [7, 11) is 0. The topological polar surface area (TPSA) is 118 Å². The zero-order valence-corrected chi connectivity index (χ0v) is 20.1. The normalized spacial score (nSPS) is 12.1. The van der Waals surface area contributed by atoms with E-state index in [1.807, 2.05) is 43.3 Å². The monoisotopic (exact) mass is 493 g/mol. The molecule has 1 heterocycles. The van der Waals surface area contributed by atoms with Crippen molar-refractivity contribution in [3.63, 3.8) is 0 Å². The van der Waals surface area contributed by atoms with E-state index < -0.39 is 22.9 Å². The van der Waals surface area contributed by atoms with Gasteiger partial charge in [0.1, 0.15) is 17.5 Å². The Kier molecular flexibility index (Phi) is 6.75. The number of hydrogen-bond donors (Lipinski definition) is 3. The van der Waals surface area contributed by atoms with Crippen molar-refractivity contribution in [1.29, 1.82) is 0 Å². The molecule has 9 heteroatoms. The fraction of sp³-hybridized carbons (Fsp3) is 0.231. The molecule has 0 spiro atoms. The summed E-state index contributed by atoms with van der Waals surface area (Å²) in [6.45, 7) is 5.35. The minimum Gasteiger partial charge on any atom is -0.485 e. The molecule has 8 nitrogen and oxygen atoms in total. The minimum atomic E-state index is -1.15. The number of aliphatic carboxylic acids is 1. The summed E-state index contributed by atoms with van der Waals surface area (Å²) in [6, 6.07) is 13.7. The lowest BCUT2D eigenvalue weighted by Gasteiger charge is -2.20. The Morgan fingerprint density at radius 1 is 1.09 bits per heavy atom. The van der Waals surface area contributed by atoms with Gasteiger partial charge in [0.25, 0.3) is 10.9 Å². The third-order valence-electron chi connectivity index (χ3n) is 5.42. The molecular formula is C26H24ClN3O5. The summed E-state index contributed by atoms with van der Waals surface area (Å²) in [5.74, 6) is -0.602. The molecule has 0 saturated heterocycles. The van der Waals surface area contributed by atoms with E-state index in [4.69, 9.17) is 16.3 Å². The number of carboxylic acids is 1. The van der Waals surface area contributed by atoms with Gasteiger partial charge < -0.3 is 20.5 Å². The smallest absolute Gasteiger partial charge is 0.326 e. The third kappa shape index (κ3) is 5.27. The summed E-state index contributed by atoms with van der Waals surface area (Å²) in [5.41, 5.74) is 0.733. The SMILES string of the molecule is Cc1cc2ccc(Cl)cc2c(Nc2ccc(CC(Nc3c(OC(C)C)c(=O)c3=O)C(=O)O)cc2)n1. The number of aromatic nitrogens is 1. The van der Waals surface area contributed by atoms with Crippen molar-refractivity contribution in [3.8, 4) is 5.75 Å². The molecule has 0 aliphatic rings. The lowest BCUT2D eigenvalue weighted by molar-refractivity contribution is -0.137. The van der Waals surface area contributed by atoms with Gasteiger partial charge in [-0.05, 0) is 62.1 Å². The first-order valence-electron chi connectivity index (χ1n) is 11.0. The highest BCUT2D eigenvalue weighted by Crippen LogP contribution is 2.28. The highest BCUT2D eigenvalue weighted by molar-refractivity contribution is 6.31. The number of ether oxygens (including phenoxy) is 1. The van der Waals surface area contributed by atoms with E-state index in [1.54, 1.807) is 26.0 Å². The van der Waals surface area contributed by atoms with Crippen LogP contribution in [0.25, 0.3) is 10.8 Å². The number of carbonyl (C=O) groups is 1. The third-order valence-corrected chi connectivity index (χ3v) is 5.65. The number of anilines is 3. The molecule has 1 atom stereocenters. The number of nitrogens with zero attached hydrogens (tertiary/aromatic N) is 1. The van der Waals surface area contributed by atoms with Gasteiger partial charge in [0.05, 0.1) is 6.10 Å². The van der Waals surface area contributed by atoms with Crippen molar-refractivity contribution in [2.24, 2.45) is 0 Å². The minimum absolute atomic E-state index is 0.0922. The predicted octanol–water partition coefficient (Wildman–Crippen LogP) is 4.43. The quantitative estimate of drug-likeness (QED) is 0.293. The molecule has 35 heavy (non-hydrogen) atoms. The maximum absolute atomic E-state index is 12.0. The molecular weight excluding hydrogens is 470 g/mol. The summed E-state index contributed by atoms with van der Waals surface area (Å²) in [5, 5.41) is 18.1. The Bertz CT molecular complexity index is 1470. The zero-order chi connectivity index (χ0) is 25.3. The number of nitrogens with one attached hydrogen (secondary N) is 2. The maximum Gasteiger partial charge on any atom is 0.326 e. The highest BCUT2D eigenvalue weighted by atomic mass is 35.5. The molecule has 0 saturated carbocycles. The second-order valence-electron chi connectivity index (χ2n) is 8.57. The van der Waals surface area contributed by atoms with Crippen LogP contribution in [0.1, 0.15) is 25.1 Å². The van der Waals surface area contributed by atoms with Gasteiger partial charge in [0, 0.05) is 28.2 Å². The number of halogens is 1. The molecule has 0 fully saturated rings. The number of aryl methyl sites for hydroxylation is 1. The second kappa shape index (κ2) is 9.76. The van der Waals surface area contributed by atoms with Crippen molar-refractivity contribution in [1.82, 2.24) is 4.98 Å². The fourth-order valence-corrected chi connectivity index (χ4v) is 3.94. The molecule has 180 valence electrons. The molecule has 3 N–H and O–H groups in total. The van der Waals surface area contributed by atoms with Gasteiger partial charge in [-0.3, -0.25) is 9.59 Å². The maximum atomic E-state index is 12.0. The van der Waals surface area contributed by atoms with Crippen LogP contribution in [-0.4, -0.2) is 28.2 Å². The average Bonchev–Trinajstić information content (AvgIpc) is 2.81. The molecule has 0 radical (unpaired) electrons. The van der Waals surface area contributed by atoms with Crippen LogP contribution in [0.3, 0.4) is 0 Å². The van der Waals surface area contributed by atoms with Crippen LogP contribution in [0.5, 0.6) is 5.75 Å². The van der Waals surface area contributed by atoms with Gasteiger partial charge in [0.15, 0.2) is 5.75 Å². The van der Waals surface area contributed by atoms with E-state index in [1.165, 1.54) is 0 Å². The lowest BCUT2D eigenvalue weighted by Crippen LogP contribution is -2.42. The summed E-state index contributed by atoms with van der Waals surface area (Å²) in [4.78, 5) is 40.2. The largest absolute Gasteiger partial charge is 0.485 e. The van der Waals surface area contributed by atoms with E-state index in [0.717, 1.165) is 27.7 Å². The Morgan fingerprint density at radius 2 is 1.80 bits per heavy atom. The van der Waals surface area contributed by atoms with Crippen LogP contribution < -0.4 is 26.2 Å². The molecule has 0 aliphatic heterocycles. The Hall–Kier alpha value is -3.91. The number of benzene rings is 2. The fourth-order valence-electron chi connectivity index (χ4n) is 3.77. The molecule has 1 unspecified atom stereocenters. The van der Waals surface area contributed by atoms with Gasteiger partial charge in [0.2, 0.25) is 0 Å². The summed E-state index contributed by atoms with van der Waals surface area (Å²) in [6.07, 6.45) is -0.227. The Balaban J connectivity index is 1.51. The number of fused-ring (bicyclic) bond motifs is 1. The first kappa shape index (κ1) is 24.2. The Labute approximate surface area is 206 Å². The van der Waals surface area contributed by atoms with Gasteiger partial charge >= 0.3 is 5.97 Å². The number of carboxylic acid groups (broad SMARTS) is 1. The van der Waals surface area contributed by atoms with E-state index in [0.29, 0.717) is 10.8 Å². The van der Waals surface area contributed by atoms with E-state index in [-0.39, 0.29) is 24.0 Å². The van der Waals surface area contributed by atoms with Crippen LogP contribution in [0.4, 0.5) is 17.2 Å². The first-order valence-corrected chi connectivity index (χ1v) is 11.4. The van der Waals surface area contributed by atoms with E-state index in [9.17, 15) is 19.5 Å². The molecule has 4 rings (SSSR count). The number of hydrogen-bond acceptors (Lipinski definition) is 7. The van der Waals surface area contributed by atoms with Crippen molar-refractivity contribution in [3.05, 3.63) is 85.3 Å². The average molecular weight is 494 g/mol. The zero-order valence-electron chi connectivity index (χ0n) is 19.4. The van der Waals surface area contributed by atoms with Crippen LogP contribution in [-0.2, 0) is 11.2 Å². The first-order chi connectivity index (χ1) is 16.6. The van der Waals surface area contributed by atoms with Crippen LogP contribution in [0.2, 0.25) is 5.02 Å². The number of rotatable bonds is 9. The van der Waals surface area contributed by atoms with E-state index in [2.05, 4.69) is 15.6 Å². The Morgan fingerprint density at radius 3 is 2.46 bits per heavy atom. The molecule has 1 aromatic heterocycles. The van der Waals surface area contributed by atoms with Crippen LogP contribution in [0.15, 0.2) is 58.1 Å². The van der Waals surface area contributed by atoms with Gasteiger partial charge in [-0.15, -0.1) is 0 Å². The van der Waals surface area contributed by atoms with Crippen molar-refractivity contribution >= 4 is 45.5 Å².